The van der Waals surface area contributed by atoms with Crippen molar-refractivity contribution in [2.45, 2.75) is 13.0 Å². The van der Waals surface area contributed by atoms with Gasteiger partial charge in [0.1, 0.15) is 6.54 Å². The van der Waals surface area contributed by atoms with Gasteiger partial charge >= 0.3 is 0 Å². The van der Waals surface area contributed by atoms with Gasteiger partial charge in [0.25, 0.3) is 6.43 Å². The van der Waals surface area contributed by atoms with E-state index in [0.717, 1.165) is 4.68 Å². The number of hydrogen-bond donors (Lipinski definition) is 2. The molecule has 3 N–H and O–H groups in total. The molecular weight excluding hydrogens is 230 g/mol. The average molecular weight is 241 g/mol. The normalized spacial score (nSPS) is 9.87. The van der Waals surface area contributed by atoms with Crippen molar-refractivity contribution in [2.24, 2.45) is 5.73 Å². The standard InChI is InChI=1S/C7H10F2N4O.ClH/c8-5(9)4-13-2-1-6(12-13)11-7(14)3-10;/h1-2,5H,3-4,10H2,(H,11,12,14);1H. The van der Waals surface area contributed by atoms with Crippen LogP contribution in [0.2, 0.25) is 0 Å². The summed E-state index contributed by atoms with van der Waals surface area (Å²) >= 11 is 0. The first kappa shape index (κ1) is 13.8. The summed E-state index contributed by atoms with van der Waals surface area (Å²) in [6, 6.07) is 1.43. The van der Waals surface area contributed by atoms with Crippen molar-refractivity contribution < 1.29 is 13.6 Å². The Balaban J connectivity index is 0.00000196. The summed E-state index contributed by atoms with van der Waals surface area (Å²) in [7, 11) is 0. The number of aromatic nitrogens is 2. The van der Waals surface area contributed by atoms with Crippen LogP contribution >= 0.6 is 12.4 Å². The number of hydrogen-bond acceptors (Lipinski definition) is 3. The maximum absolute atomic E-state index is 11.9. The Labute approximate surface area is 91.0 Å². The number of anilines is 1. The molecule has 0 radical (unpaired) electrons. The molecule has 1 aromatic heterocycles. The fourth-order valence-corrected chi connectivity index (χ4v) is 0.865. The first-order chi connectivity index (χ1) is 6.61. The zero-order valence-corrected chi connectivity index (χ0v) is 8.51. The van der Waals surface area contributed by atoms with Crippen LogP contribution in [0.1, 0.15) is 0 Å². The predicted octanol–water partition coefficient (Wildman–Crippen LogP) is 0.467. The number of nitrogens with zero attached hydrogens (tertiary/aromatic N) is 2. The van der Waals surface area contributed by atoms with Crippen molar-refractivity contribution >= 4 is 24.1 Å². The third kappa shape index (κ3) is 4.71. The van der Waals surface area contributed by atoms with Gasteiger partial charge in [-0.15, -0.1) is 12.4 Å². The fraction of sp³-hybridized carbons (Fsp3) is 0.429. The van der Waals surface area contributed by atoms with Crippen molar-refractivity contribution in [3.8, 4) is 0 Å². The van der Waals surface area contributed by atoms with Gasteiger partial charge in [-0.25, -0.2) is 8.78 Å². The number of carbonyl (C=O) groups excluding carboxylic acids is 1. The third-order valence-electron chi connectivity index (χ3n) is 1.42. The molecule has 0 bridgehead atoms. The maximum atomic E-state index is 11.9. The molecule has 15 heavy (non-hydrogen) atoms. The van der Waals surface area contributed by atoms with Crippen molar-refractivity contribution in [1.29, 1.82) is 0 Å². The molecule has 1 rings (SSSR count). The van der Waals surface area contributed by atoms with Gasteiger partial charge in [0.2, 0.25) is 5.91 Å². The Morgan fingerprint density at radius 2 is 2.33 bits per heavy atom. The van der Waals surface area contributed by atoms with E-state index in [4.69, 9.17) is 5.73 Å². The highest BCUT2D eigenvalue weighted by Gasteiger charge is 2.06. The van der Waals surface area contributed by atoms with Gasteiger partial charge in [0.15, 0.2) is 5.82 Å². The summed E-state index contributed by atoms with van der Waals surface area (Å²) in [5, 5.41) is 6.03. The quantitative estimate of drug-likeness (QED) is 0.803. The summed E-state index contributed by atoms with van der Waals surface area (Å²) in [6.45, 7) is -0.653. The molecule has 0 fully saturated rings. The minimum atomic E-state index is -2.46. The molecule has 0 saturated carbocycles. The molecule has 0 aliphatic heterocycles. The number of carbonyl (C=O) groups is 1. The molecular formula is C7H11ClF2N4O. The van der Waals surface area contributed by atoms with E-state index < -0.39 is 18.9 Å². The van der Waals surface area contributed by atoms with Crippen LogP contribution < -0.4 is 11.1 Å². The highest BCUT2D eigenvalue weighted by Crippen LogP contribution is 2.04. The van der Waals surface area contributed by atoms with Crippen molar-refractivity contribution in [1.82, 2.24) is 9.78 Å². The van der Waals surface area contributed by atoms with Crippen LogP contribution in [0.5, 0.6) is 0 Å². The molecule has 0 atom stereocenters. The number of halogens is 3. The van der Waals surface area contributed by atoms with Crippen LogP contribution in [-0.2, 0) is 11.3 Å². The second-order valence-electron chi connectivity index (χ2n) is 2.57. The molecule has 0 aromatic carbocycles. The highest BCUT2D eigenvalue weighted by atomic mass is 35.5. The Hall–Kier alpha value is -1.21. The van der Waals surface area contributed by atoms with Gasteiger partial charge in [-0.3, -0.25) is 9.48 Å². The maximum Gasteiger partial charge on any atom is 0.257 e. The molecule has 5 nitrogen and oxygen atoms in total. The smallest absolute Gasteiger partial charge is 0.257 e. The summed E-state index contributed by atoms with van der Waals surface area (Å²) in [4.78, 5) is 10.8. The van der Waals surface area contributed by atoms with Crippen LogP contribution in [0.4, 0.5) is 14.6 Å². The van der Waals surface area contributed by atoms with Crippen LogP contribution in [-0.4, -0.2) is 28.7 Å². The van der Waals surface area contributed by atoms with Gasteiger partial charge in [-0.2, -0.15) is 5.10 Å². The molecule has 0 unspecified atom stereocenters. The van der Waals surface area contributed by atoms with E-state index in [9.17, 15) is 13.6 Å². The van der Waals surface area contributed by atoms with Gasteiger partial charge in [-0.05, 0) is 0 Å². The largest absolute Gasteiger partial charge is 0.322 e. The minimum absolute atomic E-state index is 0. The molecule has 0 aliphatic carbocycles. The van der Waals surface area contributed by atoms with E-state index in [1.165, 1.54) is 12.3 Å². The molecule has 1 aromatic rings. The zero-order valence-electron chi connectivity index (χ0n) is 7.69. The Bertz CT molecular complexity index is 318. The molecule has 0 aliphatic rings. The molecule has 8 heteroatoms. The lowest BCUT2D eigenvalue weighted by molar-refractivity contribution is -0.114. The first-order valence-corrected chi connectivity index (χ1v) is 3.93. The molecule has 0 saturated heterocycles. The molecule has 0 spiro atoms. The summed E-state index contributed by atoms with van der Waals surface area (Å²) in [6.07, 6.45) is -1.11. The second-order valence-corrected chi connectivity index (χ2v) is 2.57. The van der Waals surface area contributed by atoms with E-state index in [0.29, 0.717) is 0 Å². The molecule has 86 valence electrons. The van der Waals surface area contributed by atoms with Crippen LogP contribution in [0.25, 0.3) is 0 Å². The molecule has 1 heterocycles. The van der Waals surface area contributed by atoms with Crippen LogP contribution in [0.15, 0.2) is 12.3 Å². The van der Waals surface area contributed by atoms with E-state index in [-0.39, 0.29) is 24.8 Å². The zero-order chi connectivity index (χ0) is 10.6. The Morgan fingerprint density at radius 1 is 1.67 bits per heavy atom. The average Bonchev–Trinajstić information content (AvgIpc) is 2.51. The van der Waals surface area contributed by atoms with Crippen molar-refractivity contribution in [2.75, 3.05) is 11.9 Å². The van der Waals surface area contributed by atoms with Gasteiger partial charge in [0, 0.05) is 12.3 Å². The predicted molar refractivity (Wildman–Crippen MR) is 53.2 cm³/mol. The van der Waals surface area contributed by atoms with Gasteiger partial charge in [0.05, 0.1) is 6.54 Å². The number of amides is 1. The summed E-state index contributed by atoms with van der Waals surface area (Å²) in [5.41, 5.74) is 5.04. The topological polar surface area (TPSA) is 72.9 Å². The van der Waals surface area contributed by atoms with Crippen molar-refractivity contribution in [3.05, 3.63) is 12.3 Å². The number of rotatable bonds is 4. The Kier molecular flexibility index (Phi) is 5.80. The van der Waals surface area contributed by atoms with Gasteiger partial charge < -0.3 is 11.1 Å². The van der Waals surface area contributed by atoms with E-state index >= 15 is 0 Å². The number of nitrogens with two attached hydrogens (primary N) is 1. The first-order valence-electron chi connectivity index (χ1n) is 3.93. The van der Waals surface area contributed by atoms with E-state index in [1.807, 2.05) is 0 Å². The van der Waals surface area contributed by atoms with Crippen LogP contribution in [0, 0.1) is 0 Å². The number of nitrogens with one attached hydrogen (secondary N) is 1. The fourth-order valence-electron chi connectivity index (χ4n) is 0.865. The lowest BCUT2D eigenvalue weighted by Gasteiger charge is -1.99. The van der Waals surface area contributed by atoms with Crippen LogP contribution in [0.3, 0.4) is 0 Å². The van der Waals surface area contributed by atoms with E-state index in [2.05, 4.69) is 10.4 Å². The lowest BCUT2D eigenvalue weighted by Crippen LogP contribution is -2.22. The second kappa shape index (κ2) is 6.31. The highest BCUT2D eigenvalue weighted by molar-refractivity contribution is 5.91. The summed E-state index contributed by atoms with van der Waals surface area (Å²) < 4.78 is 24.8. The van der Waals surface area contributed by atoms with Crippen molar-refractivity contribution in [3.63, 3.8) is 0 Å². The molecule has 1 amide bonds. The Morgan fingerprint density at radius 3 is 2.87 bits per heavy atom. The lowest BCUT2D eigenvalue weighted by atomic mass is 10.5. The van der Waals surface area contributed by atoms with Gasteiger partial charge in [-0.1, -0.05) is 0 Å². The SMILES string of the molecule is Cl.NCC(=O)Nc1ccn(CC(F)F)n1. The third-order valence-corrected chi connectivity index (χ3v) is 1.42. The summed E-state index contributed by atoms with van der Waals surface area (Å²) in [5.74, 6) is -0.187. The van der Waals surface area contributed by atoms with E-state index in [1.54, 1.807) is 0 Å². The minimum Gasteiger partial charge on any atom is -0.322 e. The monoisotopic (exact) mass is 240 g/mol. The number of alkyl halides is 2.